The van der Waals surface area contributed by atoms with Crippen molar-refractivity contribution in [3.63, 3.8) is 0 Å². The van der Waals surface area contributed by atoms with Gasteiger partial charge in [-0.2, -0.15) is 0 Å². The first-order chi connectivity index (χ1) is 10.6. The molecule has 3 nitrogen and oxygen atoms in total. The van der Waals surface area contributed by atoms with E-state index < -0.39 is 8.07 Å². The summed E-state index contributed by atoms with van der Waals surface area (Å²) in [6.07, 6.45) is 0. The first-order valence-electron chi connectivity index (χ1n) is 8.00. The summed E-state index contributed by atoms with van der Waals surface area (Å²) in [6.45, 7) is 13.5. The maximum Gasteiger partial charge on any atom is 0.248 e. The molecule has 2 N–H and O–H groups in total. The Kier molecular flexibility index (Phi) is 4.58. The van der Waals surface area contributed by atoms with Crippen LogP contribution in [0.5, 0.6) is 5.75 Å². The van der Waals surface area contributed by atoms with Crippen LogP contribution in [0.15, 0.2) is 40.1 Å². The second kappa shape index (κ2) is 6.00. The van der Waals surface area contributed by atoms with E-state index in [0.29, 0.717) is 11.5 Å². The highest BCUT2D eigenvalue weighted by Gasteiger charge is 2.39. The third kappa shape index (κ3) is 2.76. The Labute approximate surface area is 140 Å². The van der Waals surface area contributed by atoms with Gasteiger partial charge < -0.3 is 10.5 Å². The number of primary amides is 1. The van der Waals surface area contributed by atoms with Crippen LogP contribution < -0.4 is 15.7 Å². The molecule has 4 heteroatoms. The summed E-state index contributed by atoms with van der Waals surface area (Å²) in [4.78, 5) is 12.0. The Morgan fingerprint density at radius 2 is 1.78 bits per heavy atom. The lowest BCUT2D eigenvalue weighted by atomic mass is 10.1. The summed E-state index contributed by atoms with van der Waals surface area (Å²) >= 11 is 0. The van der Waals surface area contributed by atoms with E-state index in [2.05, 4.69) is 40.8 Å². The molecule has 0 spiro atoms. The largest absolute Gasteiger partial charge is 0.497 e. The van der Waals surface area contributed by atoms with Crippen LogP contribution >= 0.6 is 0 Å². The topological polar surface area (TPSA) is 52.3 Å². The standard InChI is InChI=1S/C19H27NO2Si/c1-11-12(2)14(4)18(13(11)3)23(6,7)17-10-15(22-5)8-9-16(17)19(20)21/h8-10,13H,1-7H3,(H2,20,21). The maximum absolute atomic E-state index is 12.0. The number of amides is 1. The number of hydrogen-bond donors (Lipinski definition) is 1. The first kappa shape index (κ1) is 17.5. The van der Waals surface area contributed by atoms with Crippen LogP contribution in [0.3, 0.4) is 0 Å². The van der Waals surface area contributed by atoms with E-state index in [0.717, 1.165) is 10.9 Å². The molecule has 0 bridgehead atoms. The molecule has 0 aliphatic heterocycles. The molecule has 1 aliphatic carbocycles. The van der Waals surface area contributed by atoms with E-state index in [1.54, 1.807) is 13.2 Å². The second-order valence-corrected chi connectivity index (χ2v) is 11.3. The summed E-state index contributed by atoms with van der Waals surface area (Å²) in [5.74, 6) is 0.827. The van der Waals surface area contributed by atoms with Gasteiger partial charge in [0.2, 0.25) is 5.91 Å². The van der Waals surface area contributed by atoms with Crippen molar-refractivity contribution in [3.8, 4) is 5.75 Å². The van der Waals surface area contributed by atoms with E-state index >= 15 is 0 Å². The molecule has 0 fully saturated rings. The van der Waals surface area contributed by atoms with E-state index in [-0.39, 0.29) is 5.91 Å². The maximum atomic E-state index is 12.0. The quantitative estimate of drug-likeness (QED) is 0.859. The van der Waals surface area contributed by atoms with Crippen LogP contribution in [-0.4, -0.2) is 21.1 Å². The molecule has 124 valence electrons. The minimum absolute atomic E-state index is 0.367. The van der Waals surface area contributed by atoms with Gasteiger partial charge in [0, 0.05) is 5.56 Å². The van der Waals surface area contributed by atoms with Gasteiger partial charge in [-0.3, -0.25) is 4.79 Å². The molecular formula is C19H27NO2Si. The van der Waals surface area contributed by atoms with E-state index in [4.69, 9.17) is 10.5 Å². The van der Waals surface area contributed by atoms with Gasteiger partial charge in [-0.25, -0.2) is 0 Å². The van der Waals surface area contributed by atoms with Gasteiger partial charge in [0.1, 0.15) is 13.8 Å². The normalized spacial score (nSPS) is 18.7. The molecule has 23 heavy (non-hydrogen) atoms. The van der Waals surface area contributed by atoms with Gasteiger partial charge in [0.15, 0.2) is 0 Å². The van der Waals surface area contributed by atoms with Crippen molar-refractivity contribution in [1.29, 1.82) is 0 Å². The summed E-state index contributed by atoms with van der Waals surface area (Å²) in [5, 5.41) is 2.55. The van der Waals surface area contributed by atoms with Crippen molar-refractivity contribution in [2.24, 2.45) is 11.7 Å². The Bertz CT molecular complexity index is 729. The van der Waals surface area contributed by atoms with Crippen LogP contribution in [0.4, 0.5) is 0 Å². The minimum Gasteiger partial charge on any atom is -0.497 e. The van der Waals surface area contributed by atoms with E-state index in [1.807, 2.05) is 12.1 Å². The van der Waals surface area contributed by atoms with Crippen molar-refractivity contribution >= 4 is 19.2 Å². The molecule has 0 saturated heterocycles. The number of benzene rings is 1. The molecule has 1 atom stereocenters. The molecule has 1 aromatic rings. The van der Waals surface area contributed by atoms with Crippen molar-refractivity contribution in [1.82, 2.24) is 0 Å². The molecule has 1 unspecified atom stereocenters. The SMILES string of the molecule is COc1ccc(C(N)=O)c([Si](C)(C)C2=C(C)C(C)=C(C)C2C)c1. The number of methoxy groups -OCH3 is 1. The molecule has 0 heterocycles. The van der Waals surface area contributed by atoms with Gasteiger partial charge in [0.25, 0.3) is 0 Å². The number of rotatable bonds is 4. The van der Waals surface area contributed by atoms with Gasteiger partial charge >= 0.3 is 0 Å². The predicted molar refractivity (Wildman–Crippen MR) is 98.9 cm³/mol. The Balaban J connectivity index is 2.68. The molecule has 0 saturated carbocycles. The smallest absolute Gasteiger partial charge is 0.248 e. The second-order valence-electron chi connectivity index (χ2n) is 6.97. The van der Waals surface area contributed by atoms with Crippen molar-refractivity contribution in [2.45, 2.75) is 40.8 Å². The van der Waals surface area contributed by atoms with Crippen LogP contribution in [0.2, 0.25) is 13.1 Å². The number of ether oxygens (including phenoxy) is 1. The van der Waals surface area contributed by atoms with Gasteiger partial charge in [-0.15, -0.1) is 0 Å². The Hall–Kier alpha value is -1.81. The molecule has 1 amide bonds. The minimum atomic E-state index is -2.05. The fourth-order valence-electron chi connectivity index (χ4n) is 3.90. The van der Waals surface area contributed by atoms with Crippen molar-refractivity contribution in [2.75, 3.05) is 7.11 Å². The zero-order chi connectivity index (χ0) is 17.5. The fourth-order valence-corrected chi connectivity index (χ4v) is 8.00. The average molecular weight is 330 g/mol. The highest BCUT2D eigenvalue weighted by Crippen LogP contribution is 2.41. The number of carbonyl (C=O) groups excluding carboxylic acids is 1. The van der Waals surface area contributed by atoms with Crippen LogP contribution in [-0.2, 0) is 0 Å². The number of hydrogen-bond acceptors (Lipinski definition) is 2. The lowest BCUT2D eigenvalue weighted by molar-refractivity contribution is 0.100. The Morgan fingerprint density at radius 3 is 2.22 bits per heavy atom. The lowest BCUT2D eigenvalue weighted by Gasteiger charge is -2.31. The number of carbonyl (C=O) groups is 1. The summed E-state index contributed by atoms with van der Waals surface area (Å²) in [6, 6.07) is 5.61. The molecule has 0 radical (unpaired) electrons. The summed E-state index contributed by atoms with van der Waals surface area (Å²) in [5.41, 5.74) is 10.5. The predicted octanol–water partition coefficient (Wildman–Crippen LogP) is 3.55. The molecule has 2 rings (SSSR count). The van der Waals surface area contributed by atoms with Gasteiger partial charge in [-0.05, 0) is 55.6 Å². The van der Waals surface area contributed by atoms with Crippen LogP contribution in [0.25, 0.3) is 0 Å². The summed E-state index contributed by atoms with van der Waals surface area (Å²) < 4.78 is 5.39. The average Bonchev–Trinajstić information content (AvgIpc) is 2.70. The molecular weight excluding hydrogens is 302 g/mol. The molecule has 0 aromatic heterocycles. The first-order valence-corrected chi connectivity index (χ1v) is 11.0. The zero-order valence-corrected chi connectivity index (χ0v) is 16.2. The monoisotopic (exact) mass is 329 g/mol. The fraction of sp³-hybridized carbons (Fsp3) is 0.421. The highest BCUT2D eigenvalue weighted by atomic mass is 28.3. The molecule has 1 aromatic carbocycles. The zero-order valence-electron chi connectivity index (χ0n) is 15.2. The lowest BCUT2D eigenvalue weighted by Crippen LogP contribution is -2.49. The van der Waals surface area contributed by atoms with Crippen LogP contribution in [0.1, 0.15) is 38.1 Å². The van der Waals surface area contributed by atoms with Crippen molar-refractivity contribution in [3.05, 3.63) is 45.7 Å². The van der Waals surface area contributed by atoms with E-state index in [1.165, 1.54) is 21.9 Å². The number of nitrogens with two attached hydrogens (primary N) is 1. The highest BCUT2D eigenvalue weighted by molar-refractivity contribution is 6.96. The van der Waals surface area contributed by atoms with Crippen molar-refractivity contribution < 1.29 is 9.53 Å². The van der Waals surface area contributed by atoms with E-state index in [9.17, 15) is 4.79 Å². The Morgan fingerprint density at radius 1 is 1.17 bits per heavy atom. The third-order valence-electron chi connectivity index (χ3n) is 5.48. The van der Waals surface area contributed by atoms with Crippen LogP contribution in [0, 0.1) is 5.92 Å². The van der Waals surface area contributed by atoms with Gasteiger partial charge in [0.05, 0.1) is 7.11 Å². The third-order valence-corrected chi connectivity index (χ3v) is 9.39. The summed E-state index contributed by atoms with van der Waals surface area (Å²) in [7, 11) is -0.405. The molecule has 1 aliphatic rings. The van der Waals surface area contributed by atoms with Gasteiger partial charge in [-0.1, -0.05) is 36.4 Å². The number of allylic oxidation sites excluding steroid dienone is 4.